The smallest absolute Gasteiger partial charge is 0.251 e. The molecule has 17 heavy (non-hydrogen) atoms. The summed E-state index contributed by atoms with van der Waals surface area (Å²) in [6.45, 7) is 2.65. The Balaban J connectivity index is 1.96. The average molecular weight is 361 g/mol. The van der Waals surface area contributed by atoms with Crippen molar-refractivity contribution >= 4 is 37.8 Å². The summed E-state index contributed by atoms with van der Waals surface area (Å²) in [6.07, 6.45) is 2.56. The molecule has 2 nitrogen and oxygen atoms in total. The van der Waals surface area contributed by atoms with E-state index in [1.54, 1.807) is 0 Å². The average Bonchev–Trinajstić information content (AvgIpc) is 3.13. The number of rotatable bonds is 4. The maximum absolute atomic E-state index is 12.0. The van der Waals surface area contributed by atoms with Crippen molar-refractivity contribution in [1.82, 2.24) is 5.32 Å². The van der Waals surface area contributed by atoms with Crippen molar-refractivity contribution in [1.29, 1.82) is 0 Å². The van der Waals surface area contributed by atoms with Crippen molar-refractivity contribution in [3.8, 4) is 0 Å². The van der Waals surface area contributed by atoms with Crippen LogP contribution in [0.5, 0.6) is 0 Å². The molecule has 4 heteroatoms. The number of hydrogen-bond acceptors (Lipinski definition) is 1. The van der Waals surface area contributed by atoms with Gasteiger partial charge in [-0.15, -0.1) is 0 Å². The first-order valence-corrected chi connectivity index (χ1v) is 7.48. The highest BCUT2D eigenvalue weighted by molar-refractivity contribution is 9.10. The number of alkyl halides is 1. The summed E-state index contributed by atoms with van der Waals surface area (Å²) in [5.74, 6) is 0.757. The van der Waals surface area contributed by atoms with E-state index in [0.717, 1.165) is 21.5 Å². The Kier molecular flexibility index (Phi) is 4.26. The maximum Gasteiger partial charge on any atom is 0.251 e. The molecule has 1 saturated carbocycles. The lowest BCUT2D eigenvalue weighted by molar-refractivity contribution is 0.0953. The molecule has 1 fully saturated rings. The summed E-state index contributed by atoms with van der Waals surface area (Å²) in [6, 6.07) is 5.69. The van der Waals surface area contributed by atoms with Crippen LogP contribution in [0.25, 0.3) is 0 Å². The third-order valence-electron chi connectivity index (χ3n) is 3.10. The van der Waals surface area contributed by atoms with E-state index in [9.17, 15) is 4.79 Å². The summed E-state index contributed by atoms with van der Waals surface area (Å²) >= 11 is 7.05. The number of amides is 1. The summed E-state index contributed by atoms with van der Waals surface area (Å²) in [5.41, 5.74) is 1.73. The highest BCUT2D eigenvalue weighted by atomic mass is 79.9. The fourth-order valence-electron chi connectivity index (χ4n) is 1.76. The number of benzene rings is 1. The van der Waals surface area contributed by atoms with E-state index in [1.807, 2.05) is 25.1 Å². The second kappa shape index (κ2) is 5.53. The monoisotopic (exact) mass is 359 g/mol. The molecule has 0 bridgehead atoms. The molecule has 0 aliphatic heterocycles. The molecule has 1 aromatic carbocycles. The largest absolute Gasteiger partial charge is 0.351 e. The van der Waals surface area contributed by atoms with Crippen LogP contribution in [0.2, 0.25) is 0 Å². The zero-order chi connectivity index (χ0) is 12.4. The molecule has 2 rings (SSSR count). The SMILES string of the molecule is Cc1c(Br)cccc1C(=O)NCC(Br)C1CC1. The number of carbonyl (C=O) groups excluding carboxylic acids is 1. The highest BCUT2D eigenvalue weighted by Crippen LogP contribution is 2.36. The molecule has 0 spiro atoms. The lowest BCUT2D eigenvalue weighted by atomic mass is 10.1. The van der Waals surface area contributed by atoms with Gasteiger partial charge in [0.25, 0.3) is 5.91 Å². The first-order valence-electron chi connectivity index (χ1n) is 5.77. The van der Waals surface area contributed by atoms with Crippen molar-refractivity contribution in [2.45, 2.75) is 24.6 Å². The summed E-state index contributed by atoms with van der Waals surface area (Å²) in [5, 5.41) is 2.98. The van der Waals surface area contributed by atoms with Gasteiger partial charge in [-0.2, -0.15) is 0 Å². The quantitative estimate of drug-likeness (QED) is 0.815. The Bertz CT molecular complexity index is 429. The number of carbonyl (C=O) groups is 1. The zero-order valence-corrected chi connectivity index (χ0v) is 12.8. The van der Waals surface area contributed by atoms with E-state index < -0.39 is 0 Å². The third kappa shape index (κ3) is 3.32. The Hall–Kier alpha value is -0.350. The minimum Gasteiger partial charge on any atom is -0.351 e. The lowest BCUT2D eigenvalue weighted by Crippen LogP contribution is -2.30. The highest BCUT2D eigenvalue weighted by Gasteiger charge is 2.29. The van der Waals surface area contributed by atoms with Crippen LogP contribution in [-0.4, -0.2) is 17.3 Å². The molecule has 0 aromatic heterocycles. The van der Waals surface area contributed by atoms with Gasteiger partial charge in [0.05, 0.1) is 0 Å². The van der Waals surface area contributed by atoms with E-state index in [-0.39, 0.29) is 5.91 Å². The molecular formula is C13H15Br2NO. The van der Waals surface area contributed by atoms with Crippen molar-refractivity contribution in [2.75, 3.05) is 6.54 Å². The Morgan fingerprint density at radius 3 is 2.88 bits per heavy atom. The Labute approximate surface area is 118 Å². The normalized spacial score (nSPS) is 16.6. The first kappa shape index (κ1) is 13.1. The predicted molar refractivity (Wildman–Crippen MR) is 76.7 cm³/mol. The third-order valence-corrected chi connectivity index (χ3v) is 5.03. The van der Waals surface area contributed by atoms with Gasteiger partial charge in [0.15, 0.2) is 0 Å². The summed E-state index contributed by atoms with van der Waals surface area (Å²) < 4.78 is 0.975. The molecule has 1 atom stereocenters. The topological polar surface area (TPSA) is 29.1 Å². The van der Waals surface area contributed by atoms with Gasteiger partial charge in [-0.05, 0) is 43.4 Å². The van der Waals surface area contributed by atoms with Crippen LogP contribution in [0.3, 0.4) is 0 Å². The molecule has 1 aliphatic rings. The zero-order valence-electron chi connectivity index (χ0n) is 9.67. The number of halogens is 2. The second-order valence-electron chi connectivity index (χ2n) is 4.48. The lowest BCUT2D eigenvalue weighted by Gasteiger charge is -2.11. The van der Waals surface area contributed by atoms with E-state index in [2.05, 4.69) is 37.2 Å². The van der Waals surface area contributed by atoms with E-state index >= 15 is 0 Å². The fourth-order valence-corrected chi connectivity index (χ4v) is 2.82. The molecule has 1 N–H and O–H groups in total. The van der Waals surface area contributed by atoms with Gasteiger partial charge < -0.3 is 5.32 Å². The van der Waals surface area contributed by atoms with Gasteiger partial charge in [0, 0.05) is 21.4 Å². The van der Waals surface area contributed by atoms with Crippen LogP contribution in [0.1, 0.15) is 28.8 Å². The fraction of sp³-hybridized carbons (Fsp3) is 0.462. The molecule has 1 aromatic rings. The van der Waals surface area contributed by atoms with Crippen LogP contribution >= 0.6 is 31.9 Å². The van der Waals surface area contributed by atoms with Crippen LogP contribution in [0.15, 0.2) is 22.7 Å². The molecule has 1 aliphatic carbocycles. The van der Waals surface area contributed by atoms with E-state index in [0.29, 0.717) is 11.4 Å². The van der Waals surface area contributed by atoms with E-state index in [4.69, 9.17) is 0 Å². The number of nitrogens with one attached hydrogen (secondary N) is 1. The van der Waals surface area contributed by atoms with Gasteiger partial charge >= 0.3 is 0 Å². The van der Waals surface area contributed by atoms with Gasteiger partial charge in [0.1, 0.15) is 0 Å². The Morgan fingerprint density at radius 2 is 2.24 bits per heavy atom. The molecular weight excluding hydrogens is 346 g/mol. The van der Waals surface area contributed by atoms with Crippen molar-refractivity contribution in [2.24, 2.45) is 5.92 Å². The van der Waals surface area contributed by atoms with Crippen LogP contribution < -0.4 is 5.32 Å². The van der Waals surface area contributed by atoms with Crippen molar-refractivity contribution in [3.63, 3.8) is 0 Å². The summed E-state index contributed by atoms with van der Waals surface area (Å²) in [4.78, 5) is 12.4. The molecule has 0 saturated heterocycles. The molecule has 1 amide bonds. The maximum atomic E-state index is 12.0. The molecule has 0 heterocycles. The second-order valence-corrected chi connectivity index (χ2v) is 6.51. The van der Waals surface area contributed by atoms with Gasteiger partial charge in [-0.25, -0.2) is 0 Å². The van der Waals surface area contributed by atoms with E-state index in [1.165, 1.54) is 12.8 Å². The molecule has 1 unspecified atom stereocenters. The molecule has 92 valence electrons. The minimum absolute atomic E-state index is 0.00824. The van der Waals surface area contributed by atoms with Crippen molar-refractivity contribution in [3.05, 3.63) is 33.8 Å². The molecule has 0 radical (unpaired) electrons. The van der Waals surface area contributed by atoms with Crippen molar-refractivity contribution < 1.29 is 4.79 Å². The van der Waals surface area contributed by atoms with Crippen LogP contribution in [0, 0.1) is 12.8 Å². The van der Waals surface area contributed by atoms with Crippen LogP contribution in [-0.2, 0) is 0 Å². The van der Waals surface area contributed by atoms with Gasteiger partial charge in [-0.1, -0.05) is 37.9 Å². The van der Waals surface area contributed by atoms with Crippen LogP contribution in [0.4, 0.5) is 0 Å². The van der Waals surface area contributed by atoms with Gasteiger partial charge in [0.2, 0.25) is 0 Å². The minimum atomic E-state index is 0.00824. The standard InChI is InChI=1S/C13H15Br2NO/c1-8-10(3-2-4-11(8)14)13(17)16-7-12(15)9-5-6-9/h2-4,9,12H,5-7H2,1H3,(H,16,17). The predicted octanol–water partition coefficient (Wildman–Crippen LogP) is 3.66. The first-order chi connectivity index (χ1) is 8.09. The summed E-state index contributed by atoms with van der Waals surface area (Å²) in [7, 11) is 0. The van der Waals surface area contributed by atoms with Gasteiger partial charge in [-0.3, -0.25) is 4.79 Å². The number of hydrogen-bond donors (Lipinski definition) is 1. The Morgan fingerprint density at radius 1 is 1.53 bits per heavy atom.